The fourth-order valence-electron chi connectivity index (χ4n) is 3.95. The molecule has 0 aromatic heterocycles. The van der Waals surface area contributed by atoms with Gasteiger partial charge in [0, 0.05) is 28.7 Å². The molecule has 5 rings (SSSR count). The molecule has 0 saturated carbocycles. The van der Waals surface area contributed by atoms with Gasteiger partial charge in [0.2, 0.25) is 0 Å². The van der Waals surface area contributed by atoms with Crippen molar-refractivity contribution in [2.75, 3.05) is 5.32 Å². The standard InChI is InChI=1S/C20H15NO3/c1-20-8-9-24-15(10-20)13-6-7-14-16(17(13)21-20)19(23)12-5-3-2-4-11(12)18(14)22/h2-9,15,21H,10H2,1H3/t15-,20+/m0/s1. The largest absolute Gasteiger partial charge is 0.493 e. The van der Waals surface area contributed by atoms with Crippen molar-refractivity contribution in [2.24, 2.45) is 0 Å². The van der Waals surface area contributed by atoms with Gasteiger partial charge in [-0.2, -0.15) is 0 Å². The summed E-state index contributed by atoms with van der Waals surface area (Å²) in [6, 6.07) is 10.7. The Morgan fingerprint density at radius 3 is 2.58 bits per heavy atom. The van der Waals surface area contributed by atoms with Crippen LogP contribution in [0.4, 0.5) is 5.69 Å². The Balaban J connectivity index is 1.78. The van der Waals surface area contributed by atoms with E-state index in [9.17, 15) is 9.59 Å². The maximum Gasteiger partial charge on any atom is 0.196 e. The van der Waals surface area contributed by atoms with Gasteiger partial charge in [0.1, 0.15) is 6.10 Å². The first-order valence-corrected chi connectivity index (χ1v) is 8.04. The Bertz CT molecular complexity index is 959. The van der Waals surface area contributed by atoms with Crippen LogP contribution >= 0.6 is 0 Å². The Morgan fingerprint density at radius 1 is 1.04 bits per heavy atom. The monoisotopic (exact) mass is 317 g/mol. The average molecular weight is 317 g/mol. The first-order valence-electron chi connectivity index (χ1n) is 8.04. The summed E-state index contributed by atoms with van der Waals surface area (Å²) < 4.78 is 5.75. The molecule has 3 aliphatic rings. The molecule has 2 aliphatic heterocycles. The molecule has 1 aliphatic carbocycles. The number of carbonyl (C=O) groups is 2. The minimum atomic E-state index is -0.272. The number of benzene rings is 2. The van der Waals surface area contributed by atoms with Crippen LogP contribution in [0.15, 0.2) is 48.7 Å². The van der Waals surface area contributed by atoms with E-state index in [0.717, 1.165) is 17.7 Å². The first-order chi connectivity index (χ1) is 11.6. The fraction of sp³-hybridized carbons (Fsp3) is 0.200. The molecule has 0 radical (unpaired) electrons. The molecule has 118 valence electrons. The topological polar surface area (TPSA) is 55.4 Å². The third kappa shape index (κ3) is 1.63. The SMILES string of the molecule is C[C@@]12C=CO[C@@H](C1)c1ccc3c(c1N2)C(=O)c1ccccc1C3=O. The highest BCUT2D eigenvalue weighted by atomic mass is 16.5. The molecule has 0 unspecified atom stereocenters. The summed E-state index contributed by atoms with van der Waals surface area (Å²) in [6.45, 7) is 2.07. The van der Waals surface area contributed by atoms with E-state index < -0.39 is 0 Å². The number of fused-ring (bicyclic) bond motifs is 7. The predicted molar refractivity (Wildman–Crippen MR) is 89.4 cm³/mol. The summed E-state index contributed by atoms with van der Waals surface area (Å²) in [4.78, 5) is 25.9. The lowest BCUT2D eigenvalue weighted by molar-refractivity contribution is 0.0961. The van der Waals surface area contributed by atoms with Crippen molar-refractivity contribution in [2.45, 2.75) is 25.0 Å². The van der Waals surface area contributed by atoms with Gasteiger partial charge in [0.15, 0.2) is 11.6 Å². The lowest BCUT2D eigenvalue weighted by Crippen LogP contribution is -2.42. The Labute approximate surface area is 139 Å². The molecule has 4 heteroatoms. The van der Waals surface area contributed by atoms with Gasteiger partial charge in [-0.15, -0.1) is 0 Å². The maximum absolute atomic E-state index is 13.1. The Hall–Kier alpha value is -2.88. The van der Waals surface area contributed by atoms with Crippen molar-refractivity contribution < 1.29 is 14.3 Å². The lowest BCUT2D eigenvalue weighted by atomic mass is 9.77. The second-order valence-corrected chi connectivity index (χ2v) is 6.83. The average Bonchev–Trinajstić information content (AvgIpc) is 2.58. The minimum absolute atomic E-state index is 0.0952. The van der Waals surface area contributed by atoms with Gasteiger partial charge in [-0.25, -0.2) is 0 Å². The van der Waals surface area contributed by atoms with E-state index in [0.29, 0.717) is 22.3 Å². The summed E-state index contributed by atoms with van der Waals surface area (Å²) in [7, 11) is 0. The predicted octanol–water partition coefficient (Wildman–Crippen LogP) is 3.62. The summed E-state index contributed by atoms with van der Waals surface area (Å²) >= 11 is 0. The summed E-state index contributed by atoms with van der Waals surface area (Å²) in [5.74, 6) is -0.195. The minimum Gasteiger partial charge on any atom is -0.493 e. The molecule has 2 bridgehead atoms. The number of rotatable bonds is 0. The number of hydrogen-bond donors (Lipinski definition) is 1. The summed E-state index contributed by atoms with van der Waals surface area (Å²) in [5.41, 5.74) is 3.31. The second-order valence-electron chi connectivity index (χ2n) is 6.83. The third-order valence-corrected chi connectivity index (χ3v) is 5.17. The van der Waals surface area contributed by atoms with E-state index in [4.69, 9.17) is 4.74 Å². The van der Waals surface area contributed by atoms with Crippen molar-refractivity contribution in [3.8, 4) is 0 Å². The van der Waals surface area contributed by atoms with Gasteiger partial charge in [0.05, 0.1) is 23.1 Å². The van der Waals surface area contributed by atoms with Crippen molar-refractivity contribution in [3.05, 3.63) is 76.6 Å². The molecule has 2 atom stereocenters. The van der Waals surface area contributed by atoms with Crippen LogP contribution in [-0.4, -0.2) is 17.1 Å². The fourth-order valence-corrected chi connectivity index (χ4v) is 3.95. The normalized spacial score (nSPS) is 26.0. The maximum atomic E-state index is 13.1. The molecule has 4 nitrogen and oxygen atoms in total. The molecule has 2 aromatic carbocycles. The highest BCUT2D eigenvalue weighted by molar-refractivity contribution is 6.30. The van der Waals surface area contributed by atoms with Crippen LogP contribution in [0.3, 0.4) is 0 Å². The van der Waals surface area contributed by atoms with E-state index in [1.165, 1.54) is 0 Å². The number of ketones is 2. The number of nitrogens with one attached hydrogen (secondary N) is 1. The van der Waals surface area contributed by atoms with Crippen LogP contribution in [0.1, 0.15) is 56.9 Å². The summed E-state index contributed by atoms with van der Waals surface area (Å²) in [6.07, 6.45) is 4.39. The van der Waals surface area contributed by atoms with Gasteiger partial charge in [-0.05, 0) is 19.1 Å². The van der Waals surface area contributed by atoms with Crippen LogP contribution in [0.5, 0.6) is 0 Å². The van der Waals surface area contributed by atoms with Gasteiger partial charge in [0.25, 0.3) is 0 Å². The highest BCUT2D eigenvalue weighted by Crippen LogP contribution is 2.46. The molecule has 2 aromatic rings. The number of ether oxygens (including phenoxy) is 1. The Morgan fingerprint density at radius 2 is 1.79 bits per heavy atom. The van der Waals surface area contributed by atoms with Crippen molar-refractivity contribution in [3.63, 3.8) is 0 Å². The molecule has 0 saturated heterocycles. The van der Waals surface area contributed by atoms with Crippen LogP contribution < -0.4 is 5.32 Å². The summed E-state index contributed by atoms with van der Waals surface area (Å²) in [5, 5.41) is 3.47. The second kappa shape index (κ2) is 4.35. The van der Waals surface area contributed by atoms with Crippen LogP contribution in [-0.2, 0) is 4.74 Å². The molecule has 24 heavy (non-hydrogen) atoms. The third-order valence-electron chi connectivity index (χ3n) is 5.17. The van der Waals surface area contributed by atoms with Crippen LogP contribution in [0, 0.1) is 0 Å². The van der Waals surface area contributed by atoms with E-state index in [2.05, 4.69) is 12.2 Å². The zero-order valence-corrected chi connectivity index (χ0v) is 13.1. The Kier molecular flexibility index (Phi) is 2.46. The van der Waals surface area contributed by atoms with Gasteiger partial charge >= 0.3 is 0 Å². The van der Waals surface area contributed by atoms with E-state index in [1.54, 1.807) is 36.6 Å². The zero-order valence-electron chi connectivity index (χ0n) is 13.1. The van der Waals surface area contributed by atoms with Crippen molar-refractivity contribution >= 4 is 17.3 Å². The van der Waals surface area contributed by atoms with Crippen LogP contribution in [0.25, 0.3) is 0 Å². The molecule has 0 amide bonds. The quantitative estimate of drug-likeness (QED) is 0.688. The van der Waals surface area contributed by atoms with E-state index in [-0.39, 0.29) is 23.2 Å². The molecule has 0 fully saturated rings. The zero-order chi connectivity index (χ0) is 16.5. The molecule has 2 heterocycles. The van der Waals surface area contributed by atoms with Gasteiger partial charge in [-0.1, -0.05) is 30.3 Å². The van der Waals surface area contributed by atoms with Crippen molar-refractivity contribution in [1.82, 2.24) is 0 Å². The number of anilines is 1. The molecule has 0 spiro atoms. The smallest absolute Gasteiger partial charge is 0.196 e. The number of hydrogen-bond acceptors (Lipinski definition) is 4. The molecule has 1 N–H and O–H groups in total. The van der Waals surface area contributed by atoms with Gasteiger partial charge < -0.3 is 10.1 Å². The van der Waals surface area contributed by atoms with Crippen molar-refractivity contribution in [1.29, 1.82) is 0 Å². The molecular weight excluding hydrogens is 302 g/mol. The highest BCUT2D eigenvalue weighted by Gasteiger charge is 2.41. The molecular formula is C20H15NO3. The number of carbonyl (C=O) groups excluding carboxylic acids is 2. The van der Waals surface area contributed by atoms with Gasteiger partial charge in [-0.3, -0.25) is 9.59 Å². The van der Waals surface area contributed by atoms with E-state index >= 15 is 0 Å². The van der Waals surface area contributed by atoms with E-state index in [1.807, 2.05) is 12.1 Å². The lowest BCUT2D eigenvalue weighted by Gasteiger charge is -2.42. The van der Waals surface area contributed by atoms with Crippen LogP contribution in [0.2, 0.25) is 0 Å². The first kappa shape index (κ1) is 13.5.